The van der Waals surface area contributed by atoms with E-state index in [1.54, 1.807) is 0 Å². The van der Waals surface area contributed by atoms with Crippen LogP contribution in [0.2, 0.25) is 0 Å². The van der Waals surface area contributed by atoms with E-state index in [-0.39, 0.29) is 0 Å². The first-order valence-electron chi connectivity index (χ1n) is 22.2. The second kappa shape index (κ2) is 16.1. The second-order valence-corrected chi connectivity index (χ2v) is 17.3. The summed E-state index contributed by atoms with van der Waals surface area (Å²) in [5, 5.41) is 23.8. The van der Waals surface area contributed by atoms with E-state index < -0.39 is 0 Å². The first-order chi connectivity index (χ1) is 32.2. The molecule has 0 atom stereocenters. The minimum Gasteiger partial charge on any atom is -0.310 e. The number of fused-ring (bicyclic) bond motifs is 6. The average Bonchev–Trinajstić information content (AvgIpc) is 3.84. The van der Waals surface area contributed by atoms with E-state index in [4.69, 9.17) is 0 Å². The third kappa shape index (κ3) is 6.90. The van der Waals surface area contributed by atoms with Gasteiger partial charge in [-0.15, -0.1) is 0 Å². The van der Waals surface area contributed by atoms with Crippen LogP contribution in [-0.4, -0.2) is 9.13 Å². The molecule has 0 N–H and O–H groups in total. The molecule has 0 saturated carbocycles. The Bertz CT molecular complexity index is 3500. The fourth-order valence-electron chi connectivity index (χ4n) is 9.95. The molecule has 66 heavy (non-hydrogen) atoms. The number of hydrogen-bond acceptors (Lipinski definition) is 4. The zero-order valence-electron chi connectivity index (χ0n) is 37.2. The summed E-state index contributed by atoms with van der Waals surface area (Å²) in [7, 11) is 0. The summed E-state index contributed by atoms with van der Waals surface area (Å²) in [6, 6.07) is 73.2. The predicted molar refractivity (Wildman–Crippen MR) is 273 cm³/mol. The maximum Gasteiger partial charge on any atom is 0.0991 e. The molecule has 0 amide bonds. The number of nitriles is 2. The fourth-order valence-corrected chi connectivity index (χ4v) is 9.95. The van der Waals surface area contributed by atoms with E-state index in [0.29, 0.717) is 11.1 Å². The number of nitrogens with zero attached hydrogens (tertiary/aromatic N) is 6. The van der Waals surface area contributed by atoms with Gasteiger partial charge in [0.05, 0.1) is 45.3 Å². The molecule has 314 valence electrons. The van der Waals surface area contributed by atoms with Gasteiger partial charge >= 0.3 is 0 Å². The van der Waals surface area contributed by atoms with E-state index in [1.807, 2.05) is 48.5 Å². The van der Waals surface area contributed by atoms with Gasteiger partial charge in [0.15, 0.2) is 0 Å². The van der Waals surface area contributed by atoms with Gasteiger partial charge in [0.2, 0.25) is 0 Å². The highest BCUT2D eigenvalue weighted by Crippen LogP contribution is 2.43. The number of anilines is 6. The van der Waals surface area contributed by atoms with Gasteiger partial charge in [-0.05, 0) is 189 Å². The van der Waals surface area contributed by atoms with Crippen molar-refractivity contribution in [2.24, 2.45) is 0 Å². The Morgan fingerprint density at radius 1 is 0.318 bits per heavy atom. The van der Waals surface area contributed by atoms with Crippen molar-refractivity contribution in [2.75, 3.05) is 9.80 Å². The Kier molecular flexibility index (Phi) is 9.72. The first-order valence-corrected chi connectivity index (χ1v) is 22.2. The zero-order chi connectivity index (χ0) is 45.1. The molecule has 0 unspecified atom stereocenters. The van der Waals surface area contributed by atoms with Crippen LogP contribution >= 0.6 is 0 Å². The summed E-state index contributed by atoms with van der Waals surface area (Å²) < 4.78 is 4.76. The van der Waals surface area contributed by atoms with E-state index in [0.717, 1.165) is 78.3 Å². The Balaban J connectivity index is 1.06. The van der Waals surface area contributed by atoms with Crippen LogP contribution in [0.4, 0.5) is 34.1 Å². The van der Waals surface area contributed by atoms with Gasteiger partial charge in [0.25, 0.3) is 0 Å². The Labute approximate surface area is 384 Å². The van der Waals surface area contributed by atoms with Crippen LogP contribution in [-0.2, 0) is 0 Å². The van der Waals surface area contributed by atoms with Crippen LogP contribution in [0, 0.1) is 50.4 Å². The number of para-hydroxylation sites is 2. The van der Waals surface area contributed by atoms with Gasteiger partial charge in [0, 0.05) is 67.0 Å². The molecule has 11 aromatic rings. The number of rotatable bonds is 8. The highest BCUT2D eigenvalue weighted by molar-refractivity contribution is 6.12. The molecule has 0 fully saturated rings. The monoisotopic (exact) mass is 848 g/mol. The SMILES string of the molecule is Cc1cc(C)cc(N(c2ccc(C#N)cc2)c2ccc3c(c2)c2ccccc2n3-c2cccc(-n3c4ccccc4c4cc(N(c5ccc(C#N)cc5)c5cc(C)cc(C)c5)ccc43)c2)c1. The van der Waals surface area contributed by atoms with Crippen LogP contribution < -0.4 is 9.80 Å². The maximum absolute atomic E-state index is 9.60. The minimum atomic E-state index is 0.630. The molecular weight excluding hydrogens is 805 g/mol. The number of aryl methyl sites for hydroxylation is 4. The molecule has 0 radical (unpaired) electrons. The lowest BCUT2D eigenvalue weighted by atomic mass is 10.1. The molecule has 11 rings (SSSR count). The number of hydrogen-bond donors (Lipinski definition) is 0. The third-order valence-corrected chi connectivity index (χ3v) is 12.6. The Hall–Kier alpha value is -8.84. The molecule has 2 heterocycles. The van der Waals surface area contributed by atoms with Gasteiger partial charge in [-0.3, -0.25) is 0 Å². The van der Waals surface area contributed by atoms with E-state index >= 15 is 0 Å². The summed E-state index contributed by atoms with van der Waals surface area (Å²) in [5.41, 5.74) is 18.8. The van der Waals surface area contributed by atoms with Gasteiger partial charge in [0.1, 0.15) is 0 Å². The fraction of sp³-hybridized carbons (Fsp3) is 0.0667. The summed E-state index contributed by atoms with van der Waals surface area (Å²) >= 11 is 0. The van der Waals surface area contributed by atoms with Gasteiger partial charge in [-0.25, -0.2) is 0 Å². The molecule has 0 bridgehead atoms. The molecule has 0 aliphatic heterocycles. The molecule has 6 nitrogen and oxygen atoms in total. The lowest BCUT2D eigenvalue weighted by molar-refractivity contribution is 1.13. The highest BCUT2D eigenvalue weighted by Gasteiger charge is 2.21. The topological polar surface area (TPSA) is 63.9 Å². The van der Waals surface area contributed by atoms with Gasteiger partial charge in [-0.1, -0.05) is 54.6 Å². The van der Waals surface area contributed by atoms with Gasteiger partial charge < -0.3 is 18.9 Å². The number of benzene rings is 9. The van der Waals surface area contributed by atoms with Crippen molar-refractivity contribution in [3.8, 4) is 23.5 Å². The smallest absolute Gasteiger partial charge is 0.0991 e. The van der Waals surface area contributed by atoms with Crippen molar-refractivity contribution in [3.63, 3.8) is 0 Å². The summed E-state index contributed by atoms with van der Waals surface area (Å²) in [4.78, 5) is 4.57. The van der Waals surface area contributed by atoms with E-state index in [9.17, 15) is 10.5 Å². The minimum absolute atomic E-state index is 0.630. The van der Waals surface area contributed by atoms with Crippen LogP contribution in [0.3, 0.4) is 0 Å². The normalized spacial score (nSPS) is 11.3. The standard InChI is InChI=1S/C60H44N6/c1-39-28-40(2)31-51(30-39)63(45-20-16-43(37-61)17-21-45)49-24-26-59-55(35-49)53-12-5-7-14-57(53)65(59)47-10-9-11-48(34-47)66-58-15-8-6-13-54(58)56-36-50(25-27-60(56)66)64(46-22-18-44(38-62)19-23-46)52-32-41(3)29-42(4)33-52/h5-36H,1-4H3. The molecule has 9 aromatic carbocycles. The average molecular weight is 849 g/mol. The van der Waals surface area contributed by atoms with E-state index in [2.05, 4.69) is 204 Å². The number of aromatic nitrogens is 2. The van der Waals surface area contributed by atoms with Crippen molar-refractivity contribution < 1.29 is 0 Å². The molecule has 0 aliphatic rings. The molecule has 0 saturated heterocycles. The predicted octanol–water partition coefficient (Wildman–Crippen LogP) is 15.8. The third-order valence-electron chi connectivity index (χ3n) is 12.6. The first kappa shape index (κ1) is 40.0. The second-order valence-electron chi connectivity index (χ2n) is 17.3. The van der Waals surface area contributed by atoms with Crippen LogP contribution in [0.25, 0.3) is 55.0 Å². The summed E-state index contributed by atoms with van der Waals surface area (Å²) in [6.45, 7) is 8.54. The Morgan fingerprint density at radius 2 is 0.682 bits per heavy atom. The largest absolute Gasteiger partial charge is 0.310 e. The lowest BCUT2D eigenvalue weighted by Gasteiger charge is -2.26. The molecule has 2 aromatic heterocycles. The lowest BCUT2D eigenvalue weighted by Crippen LogP contribution is -2.10. The van der Waals surface area contributed by atoms with Crippen LogP contribution in [0.1, 0.15) is 33.4 Å². The molecule has 0 spiro atoms. The maximum atomic E-state index is 9.60. The van der Waals surface area contributed by atoms with E-state index in [1.165, 1.54) is 33.0 Å². The summed E-state index contributed by atoms with van der Waals surface area (Å²) in [5.74, 6) is 0. The van der Waals surface area contributed by atoms with Gasteiger partial charge in [-0.2, -0.15) is 10.5 Å². The molecule has 6 heteroatoms. The highest BCUT2D eigenvalue weighted by atomic mass is 15.1. The summed E-state index contributed by atoms with van der Waals surface area (Å²) in [6.07, 6.45) is 0. The van der Waals surface area contributed by atoms with Crippen molar-refractivity contribution in [3.05, 3.63) is 228 Å². The van der Waals surface area contributed by atoms with Crippen molar-refractivity contribution in [2.45, 2.75) is 27.7 Å². The molecular formula is C60H44N6. The van der Waals surface area contributed by atoms with Crippen molar-refractivity contribution in [1.82, 2.24) is 9.13 Å². The Morgan fingerprint density at radius 3 is 1.08 bits per heavy atom. The quantitative estimate of drug-likeness (QED) is 0.153. The van der Waals surface area contributed by atoms with Crippen LogP contribution in [0.5, 0.6) is 0 Å². The zero-order valence-corrected chi connectivity index (χ0v) is 37.2. The van der Waals surface area contributed by atoms with Crippen molar-refractivity contribution in [1.29, 1.82) is 10.5 Å². The van der Waals surface area contributed by atoms with Crippen molar-refractivity contribution >= 4 is 77.7 Å². The van der Waals surface area contributed by atoms with Crippen LogP contribution in [0.15, 0.2) is 194 Å². The molecule has 0 aliphatic carbocycles.